The highest BCUT2D eigenvalue weighted by Gasteiger charge is 2.14. The Morgan fingerprint density at radius 1 is 1.26 bits per heavy atom. The number of anilines is 1. The Hall–Kier alpha value is -2.33. The van der Waals surface area contributed by atoms with Crippen molar-refractivity contribution in [2.75, 3.05) is 17.2 Å². The largest absolute Gasteiger partial charge is 0.457 e. The average Bonchev–Trinajstić information content (AvgIpc) is 2.45. The molecule has 1 heterocycles. The van der Waals surface area contributed by atoms with Gasteiger partial charge in [-0.2, -0.15) is 0 Å². The maximum atomic E-state index is 11.2. The van der Waals surface area contributed by atoms with E-state index in [1.54, 1.807) is 18.4 Å². The van der Waals surface area contributed by atoms with Crippen LogP contribution in [0.4, 0.5) is 11.5 Å². The summed E-state index contributed by atoms with van der Waals surface area (Å²) in [5.41, 5.74) is -0.000916. The van der Waals surface area contributed by atoms with Crippen LogP contribution < -0.4 is 9.46 Å². The van der Waals surface area contributed by atoms with Crippen LogP contribution in [0.25, 0.3) is 0 Å². The summed E-state index contributed by atoms with van der Waals surface area (Å²) in [5.74, 6) is 0.875. The third kappa shape index (κ3) is 4.83. The number of rotatable bonds is 6. The number of thioether (sulfide) groups is 1. The SMILES string of the molecule is CSc1cc(Oc2ccnc(NS(C)(=O)=O)c2)ccc1[N+](=O)[O-]. The van der Waals surface area contributed by atoms with Gasteiger partial charge in [0.1, 0.15) is 17.3 Å². The number of nitrogens with zero attached hydrogens (tertiary/aromatic N) is 2. The lowest BCUT2D eigenvalue weighted by atomic mass is 10.3. The zero-order valence-electron chi connectivity index (χ0n) is 12.2. The molecule has 0 aliphatic carbocycles. The number of nitro benzene ring substituents is 1. The third-order valence-corrected chi connectivity index (χ3v) is 3.95. The van der Waals surface area contributed by atoms with E-state index in [9.17, 15) is 18.5 Å². The van der Waals surface area contributed by atoms with Crippen molar-refractivity contribution >= 4 is 33.3 Å². The fraction of sp³-hybridized carbons (Fsp3) is 0.154. The number of nitrogens with one attached hydrogen (secondary N) is 1. The number of hydrogen-bond acceptors (Lipinski definition) is 7. The lowest BCUT2D eigenvalue weighted by molar-refractivity contribution is -0.387. The Bertz CT molecular complexity index is 839. The normalized spacial score (nSPS) is 11.0. The van der Waals surface area contributed by atoms with Crippen molar-refractivity contribution in [1.29, 1.82) is 0 Å². The van der Waals surface area contributed by atoms with Crippen LogP contribution in [0.1, 0.15) is 0 Å². The average molecular weight is 355 g/mol. The van der Waals surface area contributed by atoms with Crippen LogP contribution in [-0.4, -0.2) is 30.8 Å². The van der Waals surface area contributed by atoms with E-state index in [0.29, 0.717) is 16.4 Å². The van der Waals surface area contributed by atoms with Gasteiger partial charge in [0.15, 0.2) is 0 Å². The molecule has 2 aromatic rings. The highest BCUT2D eigenvalue weighted by molar-refractivity contribution is 7.98. The number of nitro groups is 1. The van der Waals surface area contributed by atoms with E-state index >= 15 is 0 Å². The van der Waals surface area contributed by atoms with Crippen LogP contribution in [0.15, 0.2) is 41.4 Å². The lowest BCUT2D eigenvalue weighted by Gasteiger charge is -2.09. The summed E-state index contributed by atoms with van der Waals surface area (Å²) in [5, 5.41) is 10.9. The summed E-state index contributed by atoms with van der Waals surface area (Å²) in [6.07, 6.45) is 4.14. The first-order valence-corrected chi connectivity index (χ1v) is 9.34. The second-order valence-corrected chi connectivity index (χ2v) is 7.04. The second kappa shape index (κ2) is 6.84. The van der Waals surface area contributed by atoms with Crippen molar-refractivity contribution in [3.8, 4) is 11.5 Å². The van der Waals surface area contributed by atoms with Crippen molar-refractivity contribution in [3.05, 3.63) is 46.6 Å². The molecular weight excluding hydrogens is 342 g/mol. The monoisotopic (exact) mass is 355 g/mol. The van der Waals surface area contributed by atoms with Crippen LogP contribution in [0.5, 0.6) is 11.5 Å². The van der Waals surface area contributed by atoms with E-state index in [2.05, 4.69) is 9.71 Å². The Morgan fingerprint density at radius 2 is 1.96 bits per heavy atom. The first-order valence-electron chi connectivity index (χ1n) is 6.22. The van der Waals surface area contributed by atoms with Gasteiger partial charge in [0.25, 0.3) is 5.69 Å². The van der Waals surface area contributed by atoms with E-state index < -0.39 is 14.9 Å². The van der Waals surface area contributed by atoms with Gasteiger partial charge >= 0.3 is 0 Å². The van der Waals surface area contributed by atoms with Crippen LogP contribution in [0.3, 0.4) is 0 Å². The molecule has 0 radical (unpaired) electrons. The molecule has 0 fully saturated rings. The molecular formula is C13H13N3O5S2. The molecule has 0 bridgehead atoms. The molecule has 0 aliphatic heterocycles. The molecule has 122 valence electrons. The number of benzene rings is 1. The van der Waals surface area contributed by atoms with Gasteiger partial charge < -0.3 is 4.74 Å². The maximum Gasteiger partial charge on any atom is 0.283 e. The number of hydrogen-bond donors (Lipinski definition) is 1. The Labute approximate surface area is 137 Å². The molecule has 0 spiro atoms. The summed E-state index contributed by atoms with van der Waals surface area (Å²) >= 11 is 1.23. The van der Waals surface area contributed by atoms with Gasteiger partial charge in [-0.05, 0) is 18.4 Å². The number of aromatic nitrogens is 1. The number of sulfonamides is 1. The predicted molar refractivity (Wildman–Crippen MR) is 87.7 cm³/mol. The topological polar surface area (TPSA) is 111 Å². The van der Waals surface area contributed by atoms with Crippen LogP contribution in [0, 0.1) is 10.1 Å². The lowest BCUT2D eigenvalue weighted by Crippen LogP contribution is -2.10. The molecule has 0 saturated carbocycles. The van der Waals surface area contributed by atoms with Gasteiger partial charge in [-0.15, -0.1) is 11.8 Å². The quantitative estimate of drug-likeness (QED) is 0.482. The maximum absolute atomic E-state index is 11.2. The van der Waals surface area contributed by atoms with Gasteiger partial charge in [-0.3, -0.25) is 14.8 Å². The molecule has 23 heavy (non-hydrogen) atoms. The minimum atomic E-state index is -3.44. The highest BCUT2D eigenvalue weighted by atomic mass is 32.2. The van der Waals surface area contributed by atoms with E-state index in [1.165, 1.54) is 36.2 Å². The van der Waals surface area contributed by atoms with E-state index in [0.717, 1.165) is 6.26 Å². The molecule has 0 aliphatic rings. The molecule has 1 aromatic heterocycles. The first-order chi connectivity index (χ1) is 10.8. The van der Waals surface area contributed by atoms with Crippen molar-refractivity contribution in [2.24, 2.45) is 0 Å². The summed E-state index contributed by atoms with van der Waals surface area (Å²) in [6.45, 7) is 0. The van der Waals surface area contributed by atoms with Crippen molar-refractivity contribution in [2.45, 2.75) is 4.90 Å². The Kier molecular flexibility index (Phi) is 5.06. The molecule has 2 rings (SSSR count). The summed E-state index contributed by atoms with van der Waals surface area (Å²) in [6, 6.07) is 7.35. The standard InChI is InChI=1S/C13H13N3O5S2/c1-22-12-7-9(3-4-11(12)16(17)18)21-10-5-6-14-13(8-10)15-23(2,19)20/h3-8H,1-2H3,(H,14,15). The zero-order valence-corrected chi connectivity index (χ0v) is 13.8. The van der Waals surface area contributed by atoms with E-state index in [4.69, 9.17) is 4.74 Å². The van der Waals surface area contributed by atoms with Crippen molar-refractivity contribution in [1.82, 2.24) is 4.98 Å². The minimum Gasteiger partial charge on any atom is -0.457 e. The van der Waals surface area contributed by atoms with Crippen molar-refractivity contribution in [3.63, 3.8) is 0 Å². The number of ether oxygens (including phenoxy) is 1. The smallest absolute Gasteiger partial charge is 0.283 e. The molecule has 1 aromatic carbocycles. The minimum absolute atomic E-state index is 0.000916. The van der Waals surface area contributed by atoms with E-state index in [-0.39, 0.29) is 11.5 Å². The molecule has 10 heteroatoms. The molecule has 8 nitrogen and oxygen atoms in total. The Morgan fingerprint density at radius 3 is 2.57 bits per heavy atom. The molecule has 1 N–H and O–H groups in total. The highest BCUT2D eigenvalue weighted by Crippen LogP contribution is 2.33. The van der Waals surface area contributed by atoms with Crippen LogP contribution in [-0.2, 0) is 10.0 Å². The van der Waals surface area contributed by atoms with Gasteiger partial charge in [-0.1, -0.05) is 0 Å². The molecule has 0 amide bonds. The number of pyridine rings is 1. The van der Waals surface area contributed by atoms with Gasteiger partial charge in [-0.25, -0.2) is 13.4 Å². The van der Waals surface area contributed by atoms with Gasteiger partial charge in [0.2, 0.25) is 10.0 Å². The first kappa shape index (κ1) is 17.0. The second-order valence-electron chi connectivity index (χ2n) is 4.44. The summed E-state index contributed by atoms with van der Waals surface area (Å²) in [7, 11) is -3.44. The van der Waals surface area contributed by atoms with Gasteiger partial charge in [0, 0.05) is 24.4 Å². The summed E-state index contributed by atoms with van der Waals surface area (Å²) in [4.78, 5) is 14.8. The van der Waals surface area contributed by atoms with Crippen LogP contribution >= 0.6 is 11.8 Å². The Balaban J connectivity index is 2.25. The van der Waals surface area contributed by atoms with Gasteiger partial charge in [0.05, 0.1) is 16.1 Å². The molecule has 0 saturated heterocycles. The fourth-order valence-electron chi connectivity index (χ4n) is 1.73. The van der Waals surface area contributed by atoms with Crippen LogP contribution in [0.2, 0.25) is 0 Å². The zero-order chi connectivity index (χ0) is 17.0. The molecule has 0 unspecified atom stereocenters. The molecule has 0 atom stereocenters. The van der Waals surface area contributed by atoms with E-state index in [1.807, 2.05) is 0 Å². The van der Waals surface area contributed by atoms with Crippen molar-refractivity contribution < 1.29 is 18.1 Å². The third-order valence-electron chi connectivity index (χ3n) is 2.60. The predicted octanol–water partition coefficient (Wildman–Crippen LogP) is 2.88. The fourth-order valence-corrected chi connectivity index (χ4v) is 2.81. The summed E-state index contributed by atoms with van der Waals surface area (Å²) < 4.78 is 30.2.